The third-order valence-corrected chi connectivity index (χ3v) is 15.4. The standard InChI is InChI=1S/C44H28S4/c1-5-13-34-25(9-1)22-38(45-34)28-17-18-29-33(21-28)41-31(39-23-26-10-2-6-14-35(26)46-39)19-20-32(40-24-27-11-3-7-15-36(27)47-40)42(41)43-30-12-4-8-16-37(30)48-44(29)43/h1-21,23-24,32,38,42H,22H2. The zero-order chi connectivity index (χ0) is 31.3. The van der Waals surface area contributed by atoms with Crippen molar-refractivity contribution in [2.24, 2.45) is 0 Å². The molecule has 0 amide bonds. The van der Waals surface area contributed by atoms with Crippen LogP contribution in [0.25, 0.3) is 51.8 Å². The monoisotopic (exact) mass is 684 g/mol. The molecular formula is C44H28S4. The average molecular weight is 685 g/mol. The summed E-state index contributed by atoms with van der Waals surface area (Å²) in [5, 5.41) is 4.52. The fraction of sp³-hybridized carbons (Fsp3) is 0.0909. The summed E-state index contributed by atoms with van der Waals surface area (Å²) in [4.78, 5) is 5.70. The maximum Gasteiger partial charge on any atom is 0.0400 e. The van der Waals surface area contributed by atoms with Crippen LogP contribution in [-0.2, 0) is 6.42 Å². The van der Waals surface area contributed by atoms with Crippen molar-refractivity contribution in [3.63, 3.8) is 0 Å². The molecule has 3 aromatic heterocycles. The fourth-order valence-electron chi connectivity index (χ4n) is 8.26. The molecule has 4 heterocycles. The van der Waals surface area contributed by atoms with Crippen molar-refractivity contribution in [1.29, 1.82) is 0 Å². The van der Waals surface area contributed by atoms with Gasteiger partial charge in [-0.25, -0.2) is 0 Å². The van der Waals surface area contributed by atoms with Crippen LogP contribution in [-0.4, -0.2) is 0 Å². The van der Waals surface area contributed by atoms with Crippen molar-refractivity contribution >= 4 is 87.2 Å². The van der Waals surface area contributed by atoms with Gasteiger partial charge in [-0.1, -0.05) is 97.1 Å². The minimum absolute atomic E-state index is 0.227. The summed E-state index contributed by atoms with van der Waals surface area (Å²) in [6, 6.07) is 48.2. The molecule has 11 rings (SSSR count). The Morgan fingerprint density at radius 2 is 1.35 bits per heavy atom. The molecule has 228 valence electrons. The molecule has 0 saturated heterocycles. The summed E-state index contributed by atoms with van der Waals surface area (Å²) >= 11 is 7.92. The van der Waals surface area contributed by atoms with Crippen LogP contribution in [0.1, 0.15) is 49.1 Å². The number of fused-ring (bicyclic) bond motifs is 11. The van der Waals surface area contributed by atoms with E-state index in [1.807, 2.05) is 45.8 Å². The van der Waals surface area contributed by atoms with Crippen LogP contribution in [0.15, 0.2) is 144 Å². The van der Waals surface area contributed by atoms with Crippen LogP contribution < -0.4 is 0 Å². The SMILES string of the molecule is C1=CC(c2cc3ccccc3s2)C2C(=C1c1cc3ccccc3s1)c1cc(C3Cc4ccccc4S3)ccc1-c1sc3ccccc3c12. The molecule has 5 aromatic carbocycles. The Balaban J connectivity index is 1.19. The molecule has 0 saturated carbocycles. The highest BCUT2D eigenvalue weighted by atomic mass is 32.2. The van der Waals surface area contributed by atoms with Gasteiger partial charge in [0.25, 0.3) is 0 Å². The lowest BCUT2D eigenvalue weighted by Gasteiger charge is -2.37. The molecule has 0 radical (unpaired) electrons. The predicted molar refractivity (Wildman–Crippen MR) is 211 cm³/mol. The first kappa shape index (κ1) is 27.7. The minimum Gasteiger partial charge on any atom is -0.140 e. The average Bonchev–Trinajstić information content (AvgIpc) is 3.93. The molecular weight excluding hydrogens is 657 g/mol. The lowest BCUT2D eigenvalue weighted by molar-refractivity contribution is 0.766. The van der Waals surface area contributed by atoms with E-state index in [2.05, 4.69) is 140 Å². The Labute approximate surface area is 295 Å². The van der Waals surface area contributed by atoms with Crippen LogP contribution in [0.2, 0.25) is 0 Å². The van der Waals surface area contributed by atoms with Crippen LogP contribution in [0, 0.1) is 0 Å². The van der Waals surface area contributed by atoms with E-state index in [1.54, 1.807) is 0 Å². The van der Waals surface area contributed by atoms with Crippen molar-refractivity contribution < 1.29 is 0 Å². The van der Waals surface area contributed by atoms with Crippen molar-refractivity contribution in [3.05, 3.63) is 172 Å². The van der Waals surface area contributed by atoms with Gasteiger partial charge < -0.3 is 0 Å². The van der Waals surface area contributed by atoms with Gasteiger partial charge in [0, 0.05) is 50.7 Å². The molecule has 0 nitrogen and oxygen atoms in total. The summed E-state index contributed by atoms with van der Waals surface area (Å²) in [6.07, 6.45) is 6.10. The van der Waals surface area contributed by atoms with E-state index >= 15 is 0 Å². The smallest absolute Gasteiger partial charge is 0.0400 e. The third-order valence-electron chi connectivity index (χ3n) is 10.4. The Hall–Kier alpha value is -4.19. The summed E-state index contributed by atoms with van der Waals surface area (Å²) in [5.74, 6) is 0.486. The Morgan fingerprint density at radius 1 is 0.604 bits per heavy atom. The highest BCUT2D eigenvalue weighted by Gasteiger charge is 2.41. The number of hydrogen-bond acceptors (Lipinski definition) is 4. The van der Waals surface area contributed by atoms with Gasteiger partial charge in [0.15, 0.2) is 0 Å². The minimum atomic E-state index is 0.227. The molecule has 4 heteroatoms. The highest BCUT2D eigenvalue weighted by Crippen LogP contribution is 2.62. The number of benzene rings is 5. The summed E-state index contributed by atoms with van der Waals surface area (Å²) in [5.41, 5.74) is 10.1. The zero-order valence-electron chi connectivity index (χ0n) is 25.9. The van der Waals surface area contributed by atoms with Crippen LogP contribution in [0.3, 0.4) is 0 Å². The fourth-order valence-corrected chi connectivity index (χ4v) is 13.2. The number of thiophene rings is 3. The third kappa shape index (κ3) is 4.13. The topological polar surface area (TPSA) is 0 Å². The van der Waals surface area contributed by atoms with Gasteiger partial charge in [0.05, 0.1) is 0 Å². The second-order valence-electron chi connectivity index (χ2n) is 13.1. The first-order valence-electron chi connectivity index (χ1n) is 16.6. The first-order chi connectivity index (χ1) is 23.8. The Morgan fingerprint density at radius 3 is 2.19 bits per heavy atom. The Bertz CT molecular complexity index is 2570. The molecule has 48 heavy (non-hydrogen) atoms. The molecule has 8 aromatic rings. The van der Waals surface area contributed by atoms with Gasteiger partial charge in [-0.2, -0.15) is 0 Å². The largest absolute Gasteiger partial charge is 0.140 e. The second kappa shape index (κ2) is 10.7. The van der Waals surface area contributed by atoms with E-state index in [4.69, 9.17) is 0 Å². The van der Waals surface area contributed by atoms with E-state index in [0.717, 1.165) is 6.42 Å². The van der Waals surface area contributed by atoms with Crippen molar-refractivity contribution in [3.8, 4) is 10.4 Å². The summed E-state index contributed by atoms with van der Waals surface area (Å²) in [6.45, 7) is 0. The van der Waals surface area contributed by atoms with E-state index in [0.29, 0.717) is 5.25 Å². The van der Waals surface area contributed by atoms with Gasteiger partial charge in [0.1, 0.15) is 0 Å². The van der Waals surface area contributed by atoms with Gasteiger partial charge in [0.2, 0.25) is 0 Å². The lowest BCUT2D eigenvalue weighted by atomic mass is 9.67. The van der Waals surface area contributed by atoms with E-state index < -0.39 is 0 Å². The van der Waals surface area contributed by atoms with Crippen LogP contribution >= 0.6 is 45.8 Å². The molecule has 3 atom stereocenters. The van der Waals surface area contributed by atoms with Gasteiger partial charge in [-0.3, -0.25) is 0 Å². The molecule has 0 bridgehead atoms. The number of allylic oxidation sites excluding steroid dienone is 4. The van der Waals surface area contributed by atoms with Crippen molar-refractivity contribution in [1.82, 2.24) is 0 Å². The number of hydrogen-bond donors (Lipinski definition) is 0. The molecule has 0 fully saturated rings. The first-order valence-corrected chi connectivity index (χ1v) is 19.9. The van der Waals surface area contributed by atoms with Crippen LogP contribution in [0.5, 0.6) is 0 Å². The second-order valence-corrected chi connectivity index (χ2v) is 17.6. The quantitative estimate of drug-likeness (QED) is 0.178. The Kier molecular flexibility index (Phi) is 6.15. The lowest BCUT2D eigenvalue weighted by Crippen LogP contribution is -2.19. The van der Waals surface area contributed by atoms with Gasteiger partial charge in [-0.15, -0.1) is 45.8 Å². The predicted octanol–water partition coefficient (Wildman–Crippen LogP) is 13.7. The maximum atomic E-state index is 2.59. The molecule has 0 N–H and O–H groups in total. The van der Waals surface area contributed by atoms with Gasteiger partial charge >= 0.3 is 0 Å². The van der Waals surface area contributed by atoms with Crippen molar-refractivity contribution in [2.45, 2.75) is 28.4 Å². The summed E-state index contributed by atoms with van der Waals surface area (Å²) < 4.78 is 4.10. The van der Waals surface area contributed by atoms with E-state index in [1.165, 1.54) is 88.7 Å². The summed E-state index contributed by atoms with van der Waals surface area (Å²) in [7, 11) is 0. The maximum absolute atomic E-state index is 2.59. The number of thioether (sulfide) groups is 1. The zero-order valence-corrected chi connectivity index (χ0v) is 29.1. The van der Waals surface area contributed by atoms with E-state index in [9.17, 15) is 0 Å². The molecule has 2 aliphatic carbocycles. The van der Waals surface area contributed by atoms with E-state index in [-0.39, 0.29) is 11.8 Å². The highest BCUT2D eigenvalue weighted by molar-refractivity contribution is 7.99. The molecule has 3 unspecified atom stereocenters. The molecule has 3 aliphatic rings. The molecule has 1 aliphatic heterocycles. The van der Waals surface area contributed by atoms with Gasteiger partial charge in [-0.05, 0) is 104 Å². The van der Waals surface area contributed by atoms with Crippen LogP contribution in [0.4, 0.5) is 0 Å². The molecule has 0 spiro atoms. The normalized spacial score (nSPS) is 19.5. The number of rotatable bonds is 3. The van der Waals surface area contributed by atoms with Crippen molar-refractivity contribution in [2.75, 3.05) is 0 Å².